The number of halogens is 1. The van der Waals surface area contributed by atoms with E-state index < -0.39 is 46.5 Å². The Bertz CT molecular complexity index is 1280. The summed E-state index contributed by atoms with van der Waals surface area (Å²) in [5.74, 6) is -1.65. The van der Waals surface area contributed by atoms with E-state index in [1.165, 1.54) is 22.5 Å². The smallest absolute Gasteiger partial charge is 0.305 e. The molecular formula is C27H35FN2O7S. The Balaban J connectivity index is 2.28. The Morgan fingerprint density at radius 3 is 2.50 bits per heavy atom. The van der Waals surface area contributed by atoms with Crippen molar-refractivity contribution >= 4 is 27.9 Å². The van der Waals surface area contributed by atoms with Crippen LogP contribution in [0.25, 0.3) is 17.2 Å². The van der Waals surface area contributed by atoms with Gasteiger partial charge in [0.05, 0.1) is 49.3 Å². The molecule has 1 aliphatic heterocycles. The molecule has 3 rings (SSSR count). The number of aliphatic carboxylic acids is 1. The fourth-order valence-corrected chi connectivity index (χ4v) is 5.82. The molecule has 3 N–H and O–H groups in total. The molecule has 2 aromatic rings. The molecule has 1 aliphatic rings. The molecule has 0 aliphatic carbocycles. The summed E-state index contributed by atoms with van der Waals surface area (Å²) in [6, 6.07) is 5.29. The molecule has 2 heterocycles. The van der Waals surface area contributed by atoms with E-state index in [4.69, 9.17) is 14.8 Å². The molecule has 0 fully saturated rings. The highest BCUT2D eigenvalue weighted by molar-refractivity contribution is 7.92. The number of carboxylic acid groups (broad SMARTS) is 1. The Kier molecular flexibility index (Phi) is 9.64. The molecule has 3 atom stereocenters. The van der Waals surface area contributed by atoms with E-state index in [2.05, 4.69) is 0 Å². The van der Waals surface area contributed by atoms with E-state index in [1.807, 2.05) is 13.8 Å². The maximum absolute atomic E-state index is 13.9. The molecule has 0 bridgehead atoms. The summed E-state index contributed by atoms with van der Waals surface area (Å²) in [4.78, 5) is 15.7. The maximum Gasteiger partial charge on any atom is 0.305 e. The summed E-state index contributed by atoms with van der Waals surface area (Å²) in [5.41, 5.74) is 2.87. The van der Waals surface area contributed by atoms with Gasteiger partial charge in [-0.3, -0.25) is 4.79 Å². The predicted octanol–water partition coefficient (Wildman–Crippen LogP) is 3.69. The van der Waals surface area contributed by atoms with Gasteiger partial charge in [0, 0.05) is 17.5 Å². The predicted molar refractivity (Wildman–Crippen MR) is 143 cm³/mol. The number of aliphatic hydroxyl groups excluding tert-OH is 2. The molecule has 0 saturated carbocycles. The van der Waals surface area contributed by atoms with Crippen LogP contribution < -0.4 is 4.31 Å². The molecule has 11 heteroatoms. The largest absolute Gasteiger partial charge is 0.481 e. The first kappa shape index (κ1) is 29.7. The van der Waals surface area contributed by atoms with Gasteiger partial charge in [0.1, 0.15) is 11.6 Å². The molecule has 0 unspecified atom stereocenters. The molecule has 0 spiro atoms. The number of benzene rings is 1. The van der Waals surface area contributed by atoms with Crippen LogP contribution in [0.1, 0.15) is 63.3 Å². The van der Waals surface area contributed by atoms with E-state index >= 15 is 0 Å². The number of nitrogens with zero attached hydrogens (tertiary/aromatic N) is 2. The Hall–Kier alpha value is -2.86. The summed E-state index contributed by atoms with van der Waals surface area (Å²) < 4.78 is 47.4. The van der Waals surface area contributed by atoms with Gasteiger partial charge in [0.15, 0.2) is 0 Å². The number of hydrogen-bond donors (Lipinski definition) is 3. The number of carboxylic acids is 1. The summed E-state index contributed by atoms with van der Waals surface area (Å²) in [6.07, 6.45) is -0.00682. The molecule has 9 nitrogen and oxygen atoms in total. The van der Waals surface area contributed by atoms with Crippen LogP contribution in [-0.4, -0.2) is 65.3 Å². The fourth-order valence-electron chi connectivity index (χ4n) is 4.52. The zero-order chi connectivity index (χ0) is 28.2. The molecule has 0 amide bonds. The van der Waals surface area contributed by atoms with Crippen molar-refractivity contribution in [2.24, 2.45) is 0 Å². The number of anilines is 1. The number of aliphatic hydroxyl groups is 2. The first-order valence-corrected chi connectivity index (χ1v) is 14.1. The highest BCUT2D eigenvalue weighted by Gasteiger charge is 2.35. The van der Waals surface area contributed by atoms with Crippen LogP contribution in [-0.2, 0) is 26.2 Å². The highest BCUT2D eigenvalue weighted by atomic mass is 32.2. The minimum Gasteiger partial charge on any atom is -0.481 e. The standard InChI is InChI=1S/C27H35FN2O7S/c1-5-38(35,36)30-17(4)14-37-15-23-25(18-6-8-19(28)9-7-18)22(26(16(2)3)29-27(23)30)11-10-20(31)12-21(32)13-24(33)34/h6-11,16-17,20-21,31-32H,5,12-15H2,1-4H3,(H,33,34)/t17-,20+,21+/m0/s1. The minimum atomic E-state index is -3.72. The summed E-state index contributed by atoms with van der Waals surface area (Å²) in [7, 11) is -3.72. The van der Waals surface area contributed by atoms with Crippen molar-refractivity contribution in [2.75, 3.05) is 16.7 Å². The maximum atomic E-state index is 13.9. The summed E-state index contributed by atoms with van der Waals surface area (Å²) in [5, 5.41) is 29.3. The summed E-state index contributed by atoms with van der Waals surface area (Å²) >= 11 is 0. The number of fused-ring (bicyclic) bond motifs is 1. The van der Waals surface area contributed by atoms with E-state index in [0.29, 0.717) is 27.9 Å². The van der Waals surface area contributed by atoms with Crippen LogP contribution in [0.4, 0.5) is 10.2 Å². The van der Waals surface area contributed by atoms with Crippen molar-refractivity contribution < 1.29 is 37.7 Å². The van der Waals surface area contributed by atoms with E-state index in [9.17, 15) is 27.8 Å². The number of carbonyl (C=O) groups is 1. The molecular weight excluding hydrogens is 515 g/mol. The lowest BCUT2D eigenvalue weighted by Crippen LogP contribution is -2.42. The topological polar surface area (TPSA) is 137 Å². The quantitative estimate of drug-likeness (QED) is 0.407. The first-order valence-electron chi connectivity index (χ1n) is 12.5. The zero-order valence-corrected chi connectivity index (χ0v) is 22.8. The molecule has 1 aromatic carbocycles. The third kappa shape index (κ3) is 6.76. The Morgan fingerprint density at radius 1 is 1.26 bits per heavy atom. The van der Waals surface area contributed by atoms with Gasteiger partial charge in [-0.05, 0) is 43.0 Å². The van der Waals surface area contributed by atoms with E-state index in [1.54, 1.807) is 32.1 Å². The number of ether oxygens (including phenoxy) is 1. The van der Waals surface area contributed by atoms with Crippen LogP contribution in [0, 0.1) is 5.82 Å². The molecule has 0 radical (unpaired) electrons. The zero-order valence-electron chi connectivity index (χ0n) is 22.0. The third-order valence-electron chi connectivity index (χ3n) is 6.31. The number of pyridine rings is 1. The Labute approximate surface area is 222 Å². The highest BCUT2D eigenvalue weighted by Crippen LogP contribution is 2.41. The number of rotatable bonds is 10. The number of sulfonamides is 1. The van der Waals surface area contributed by atoms with Crippen LogP contribution in [0.5, 0.6) is 0 Å². The second kappa shape index (κ2) is 12.3. The minimum absolute atomic E-state index is 0.0637. The Morgan fingerprint density at radius 2 is 1.92 bits per heavy atom. The second-order valence-electron chi connectivity index (χ2n) is 9.72. The molecule has 38 heavy (non-hydrogen) atoms. The van der Waals surface area contributed by atoms with Crippen LogP contribution in [0.15, 0.2) is 30.3 Å². The van der Waals surface area contributed by atoms with Crippen LogP contribution in [0.3, 0.4) is 0 Å². The fraction of sp³-hybridized carbons (Fsp3) is 0.481. The monoisotopic (exact) mass is 550 g/mol. The van der Waals surface area contributed by atoms with Gasteiger partial charge in [0.25, 0.3) is 0 Å². The van der Waals surface area contributed by atoms with Gasteiger partial charge in [-0.1, -0.05) is 38.1 Å². The average molecular weight is 551 g/mol. The van der Waals surface area contributed by atoms with Crippen molar-refractivity contribution in [2.45, 2.75) is 71.3 Å². The molecule has 208 valence electrons. The third-order valence-corrected chi connectivity index (χ3v) is 8.17. The lowest BCUT2D eigenvalue weighted by molar-refractivity contribution is -0.139. The first-order chi connectivity index (χ1) is 17.9. The van der Waals surface area contributed by atoms with Crippen molar-refractivity contribution in [3.05, 3.63) is 53.0 Å². The number of aromatic nitrogens is 1. The molecule has 1 aromatic heterocycles. The van der Waals surface area contributed by atoms with Crippen molar-refractivity contribution in [3.8, 4) is 11.1 Å². The van der Waals surface area contributed by atoms with Gasteiger partial charge < -0.3 is 20.1 Å². The van der Waals surface area contributed by atoms with Crippen LogP contribution in [0.2, 0.25) is 0 Å². The lowest BCUT2D eigenvalue weighted by atomic mass is 9.90. The van der Waals surface area contributed by atoms with Crippen molar-refractivity contribution in [1.82, 2.24) is 4.98 Å². The second-order valence-corrected chi connectivity index (χ2v) is 11.9. The van der Waals surface area contributed by atoms with Crippen molar-refractivity contribution in [1.29, 1.82) is 0 Å². The van der Waals surface area contributed by atoms with Gasteiger partial charge in [-0.25, -0.2) is 22.1 Å². The lowest BCUT2D eigenvalue weighted by Gasteiger charge is -2.30. The summed E-state index contributed by atoms with van der Waals surface area (Å²) in [6.45, 7) is 7.35. The van der Waals surface area contributed by atoms with Gasteiger partial charge in [0.2, 0.25) is 10.0 Å². The van der Waals surface area contributed by atoms with E-state index in [0.717, 1.165) is 0 Å². The van der Waals surface area contributed by atoms with Gasteiger partial charge in [-0.15, -0.1) is 0 Å². The molecule has 0 saturated heterocycles. The van der Waals surface area contributed by atoms with E-state index in [-0.39, 0.29) is 37.1 Å². The number of hydrogen-bond acceptors (Lipinski definition) is 7. The SMILES string of the molecule is CCS(=O)(=O)N1c2nc(C(C)C)c(C=C[C@@H](O)C[C@@H](O)CC(=O)O)c(-c3ccc(F)cc3)c2COC[C@@H]1C. The van der Waals surface area contributed by atoms with Crippen molar-refractivity contribution in [3.63, 3.8) is 0 Å². The normalized spacial score (nSPS) is 17.9. The van der Waals surface area contributed by atoms with Crippen LogP contribution >= 0.6 is 0 Å². The average Bonchev–Trinajstić information content (AvgIpc) is 3.00. The van der Waals surface area contributed by atoms with Gasteiger partial charge in [-0.2, -0.15) is 0 Å². The van der Waals surface area contributed by atoms with Gasteiger partial charge >= 0.3 is 5.97 Å².